The molecule has 2 aliphatic heterocycles. The summed E-state index contributed by atoms with van der Waals surface area (Å²) in [5.74, 6) is -1.28. The highest BCUT2D eigenvalue weighted by molar-refractivity contribution is 6.32. The lowest BCUT2D eigenvalue weighted by Crippen LogP contribution is -2.48. The quantitative estimate of drug-likeness (QED) is 0.273. The van der Waals surface area contributed by atoms with Crippen LogP contribution in [0, 0.1) is 11.3 Å². The maximum atomic E-state index is 13.4. The van der Waals surface area contributed by atoms with E-state index in [4.69, 9.17) is 16.9 Å². The largest absolute Gasteiger partial charge is 0.417 e. The number of carbonyl (C=O) groups is 3. The summed E-state index contributed by atoms with van der Waals surface area (Å²) in [5.41, 5.74) is -0.817. The average molecular weight is 587 g/mol. The Hall–Kier alpha value is -3.68. The molecule has 11 heteroatoms. The number of anilines is 1. The van der Waals surface area contributed by atoms with E-state index in [9.17, 15) is 27.6 Å². The summed E-state index contributed by atoms with van der Waals surface area (Å²) in [4.78, 5) is 43.4. The second-order valence-corrected chi connectivity index (χ2v) is 10.6. The molecular formula is C30H30ClF3N4O3. The van der Waals surface area contributed by atoms with Crippen LogP contribution in [0.5, 0.6) is 0 Å². The van der Waals surface area contributed by atoms with Crippen molar-refractivity contribution < 1.29 is 27.6 Å². The van der Waals surface area contributed by atoms with Crippen LogP contribution in [0.15, 0.2) is 53.6 Å². The molecule has 0 atom stereocenters. The molecule has 0 radical (unpaired) electrons. The number of hydrogen-bond acceptors (Lipinski definition) is 5. The number of carbonyl (C=O) groups excluding carboxylic acids is 3. The van der Waals surface area contributed by atoms with Crippen LogP contribution >= 0.6 is 11.6 Å². The lowest BCUT2D eigenvalue weighted by molar-refractivity contribution is -0.138. The van der Waals surface area contributed by atoms with Gasteiger partial charge in [-0.25, -0.2) is 4.90 Å². The Bertz CT molecular complexity index is 1410. The number of imide groups is 1. The fourth-order valence-electron chi connectivity index (χ4n) is 5.19. The second-order valence-electron chi connectivity index (χ2n) is 10.2. The molecule has 0 aliphatic carbocycles. The standard InChI is InChI=1S/C30H30ClF3N4O3/c1-20-25(29(41)38(27(20)39)24-11-10-22(19-35)26(18-24)30(32,33)34)9-4-2-3-5-12-36-13-15-37(16-14-36)28(40)21-7-6-8-23(31)17-21/h6-8,10-11,17-18H,2-5,9,12-16H2,1H3. The molecule has 3 amide bonds. The predicted octanol–water partition coefficient (Wildman–Crippen LogP) is 5.83. The van der Waals surface area contributed by atoms with Gasteiger partial charge in [0.1, 0.15) is 0 Å². The maximum Gasteiger partial charge on any atom is 0.417 e. The molecule has 0 unspecified atom stereocenters. The van der Waals surface area contributed by atoms with E-state index in [1.54, 1.807) is 24.3 Å². The van der Waals surface area contributed by atoms with Gasteiger partial charge in [0.2, 0.25) is 0 Å². The molecule has 2 heterocycles. The van der Waals surface area contributed by atoms with Crippen molar-refractivity contribution in [2.75, 3.05) is 37.6 Å². The summed E-state index contributed by atoms with van der Waals surface area (Å²) >= 11 is 6.00. The van der Waals surface area contributed by atoms with Gasteiger partial charge in [0.05, 0.1) is 22.9 Å². The molecule has 0 aromatic heterocycles. The van der Waals surface area contributed by atoms with Crippen molar-refractivity contribution in [1.82, 2.24) is 9.80 Å². The summed E-state index contributed by atoms with van der Waals surface area (Å²) in [7, 11) is 0. The van der Waals surface area contributed by atoms with Crippen molar-refractivity contribution in [3.63, 3.8) is 0 Å². The number of rotatable bonds is 9. The van der Waals surface area contributed by atoms with E-state index in [-0.39, 0.29) is 17.2 Å². The topological polar surface area (TPSA) is 84.7 Å². The van der Waals surface area contributed by atoms with Crippen molar-refractivity contribution in [2.45, 2.75) is 45.2 Å². The number of halogens is 4. The van der Waals surface area contributed by atoms with Crippen LogP contribution < -0.4 is 4.90 Å². The summed E-state index contributed by atoms with van der Waals surface area (Å²) in [6.07, 6.45) is -1.06. The van der Waals surface area contributed by atoms with E-state index in [0.717, 1.165) is 49.9 Å². The number of nitrogens with zero attached hydrogens (tertiary/aromatic N) is 4. The Labute approximate surface area is 241 Å². The Morgan fingerprint density at radius 3 is 2.34 bits per heavy atom. The number of piperazine rings is 1. The monoisotopic (exact) mass is 586 g/mol. The summed E-state index contributed by atoms with van der Waals surface area (Å²) in [6.45, 7) is 5.28. The first-order valence-corrected chi connectivity index (χ1v) is 13.9. The van der Waals surface area contributed by atoms with Gasteiger partial charge in [-0.05, 0) is 69.1 Å². The van der Waals surface area contributed by atoms with Crippen molar-refractivity contribution in [2.24, 2.45) is 0 Å². The third kappa shape index (κ3) is 6.97. The predicted molar refractivity (Wildman–Crippen MR) is 148 cm³/mol. The van der Waals surface area contributed by atoms with Crippen molar-refractivity contribution in [1.29, 1.82) is 5.26 Å². The number of unbranched alkanes of at least 4 members (excludes halogenated alkanes) is 3. The smallest absolute Gasteiger partial charge is 0.336 e. The van der Waals surface area contributed by atoms with Gasteiger partial charge in [0.25, 0.3) is 17.7 Å². The maximum absolute atomic E-state index is 13.4. The fraction of sp³-hybridized carbons (Fsp3) is 0.400. The molecule has 2 aromatic rings. The lowest BCUT2D eigenvalue weighted by Gasteiger charge is -2.34. The number of benzene rings is 2. The van der Waals surface area contributed by atoms with Gasteiger partial charge in [0.15, 0.2) is 0 Å². The van der Waals surface area contributed by atoms with E-state index in [1.165, 1.54) is 19.1 Å². The van der Waals surface area contributed by atoms with Crippen LogP contribution in [0.4, 0.5) is 18.9 Å². The van der Waals surface area contributed by atoms with Crippen LogP contribution in [-0.2, 0) is 15.8 Å². The van der Waals surface area contributed by atoms with Crippen LogP contribution in [0.2, 0.25) is 5.02 Å². The van der Waals surface area contributed by atoms with Gasteiger partial charge in [-0.3, -0.25) is 19.3 Å². The van der Waals surface area contributed by atoms with Crippen LogP contribution in [-0.4, -0.2) is 60.2 Å². The number of nitriles is 1. The molecule has 216 valence electrons. The molecule has 4 rings (SSSR count). The fourth-order valence-corrected chi connectivity index (χ4v) is 5.38. The SMILES string of the molecule is CC1=C(CCCCCCN2CCN(C(=O)c3cccc(Cl)c3)CC2)C(=O)N(c2ccc(C#N)c(C(F)(F)F)c2)C1=O. The van der Waals surface area contributed by atoms with Crippen molar-refractivity contribution in [3.8, 4) is 6.07 Å². The zero-order valence-electron chi connectivity index (χ0n) is 22.6. The van der Waals surface area contributed by atoms with Gasteiger partial charge in [-0.1, -0.05) is 30.5 Å². The van der Waals surface area contributed by atoms with Gasteiger partial charge in [-0.2, -0.15) is 18.4 Å². The van der Waals surface area contributed by atoms with Crippen molar-refractivity contribution in [3.05, 3.63) is 75.3 Å². The Kier molecular flexibility index (Phi) is 9.51. The third-order valence-electron chi connectivity index (χ3n) is 7.51. The van der Waals surface area contributed by atoms with Crippen molar-refractivity contribution >= 4 is 35.0 Å². The Morgan fingerprint density at radius 1 is 0.976 bits per heavy atom. The van der Waals surface area contributed by atoms with Gasteiger partial charge >= 0.3 is 6.18 Å². The number of amides is 3. The van der Waals surface area contributed by atoms with Crippen LogP contribution in [0.25, 0.3) is 0 Å². The average Bonchev–Trinajstić information content (AvgIpc) is 3.16. The Balaban J connectivity index is 1.21. The first kappa shape index (κ1) is 30.3. The summed E-state index contributed by atoms with van der Waals surface area (Å²) < 4.78 is 40.2. The van der Waals surface area contributed by atoms with E-state index >= 15 is 0 Å². The highest BCUT2D eigenvalue weighted by Crippen LogP contribution is 2.37. The highest BCUT2D eigenvalue weighted by Gasteiger charge is 2.39. The lowest BCUT2D eigenvalue weighted by atomic mass is 10.0. The minimum atomic E-state index is -4.79. The first-order valence-electron chi connectivity index (χ1n) is 13.5. The molecule has 2 aromatic carbocycles. The van der Waals surface area contributed by atoms with E-state index < -0.39 is 29.1 Å². The van der Waals surface area contributed by atoms with E-state index in [0.29, 0.717) is 48.2 Å². The molecule has 2 aliphatic rings. The molecule has 0 bridgehead atoms. The molecular weight excluding hydrogens is 557 g/mol. The molecule has 0 spiro atoms. The van der Waals surface area contributed by atoms with E-state index in [1.807, 2.05) is 4.90 Å². The third-order valence-corrected chi connectivity index (χ3v) is 7.74. The minimum Gasteiger partial charge on any atom is -0.336 e. The number of hydrogen-bond donors (Lipinski definition) is 0. The van der Waals surface area contributed by atoms with Crippen LogP contribution in [0.1, 0.15) is 60.5 Å². The molecule has 1 saturated heterocycles. The van der Waals surface area contributed by atoms with E-state index in [2.05, 4.69) is 4.90 Å². The molecule has 0 saturated carbocycles. The van der Waals surface area contributed by atoms with Gasteiger partial charge < -0.3 is 4.90 Å². The molecule has 0 N–H and O–H groups in total. The van der Waals surface area contributed by atoms with Gasteiger partial charge in [-0.15, -0.1) is 0 Å². The molecule has 1 fully saturated rings. The highest BCUT2D eigenvalue weighted by atomic mass is 35.5. The van der Waals surface area contributed by atoms with Crippen LogP contribution in [0.3, 0.4) is 0 Å². The zero-order chi connectivity index (χ0) is 29.7. The first-order chi connectivity index (χ1) is 19.5. The number of alkyl halides is 3. The molecule has 41 heavy (non-hydrogen) atoms. The Morgan fingerprint density at radius 2 is 1.68 bits per heavy atom. The summed E-state index contributed by atoms with van der Waals surface area (Å²) in [5, 5.41) is 9.55. The molecule has 7 nitrogen and oxygen atoms in total. The van der Waals surface area contributed by atoms with Gasteiger partial charge in [0, 0.05) is 47.9 Å². The zero-order valence-corrected chi connectivity index (χ0v) is 23.4. The summed E-state index contributed by atoms with van der Waals surface area (Å²) in [6, 6.07) is 11.3. The normalized spacial score (nSPS) is 16.5. The second kappa shape index (κ2) is 12.9. The minimum absolute atomic E-state index is 0.0183.